The summed E-state index contributed by atoms with van der Waals surface area (Å²) in [5, 5.41) is 14.3. The predicted molar refractivity (Wildman–Crippen MR) is 72.0 cm³/mol. The van der Waals surface area contributed by atoms with Gasteiger partial charge in [-0.05, 0) is 31.5 Å². The summed E-state index contributed by atoms with van der Waals surface area (Å²) in [6.07, 6.45) is 3.38. The van der Waals surface area contributed by atoms with Crippen LogP contribution in [0.1, 0.15) is 19.3 Å². The monoisotopic (exact) mass is 267 g/mol. The largest absolute Gasteiger partial charge is 0.367 e. The molecule has 0 aromatic heterocycles. The van der Waals surface area contributed by atoms with Crippen LogP contribution in [0, 0.1) is 15.9 Å². The minimum Gasteiger partial charge on any atom is -0.367 e. The molecule has 0 bridgehead atoms. The second kappa shape index (κ2) is 5.97. The molecule has 1 unspecified atom stereocenters. The Morgan fingerprint density at radius 2 is 2.32 bits per heavy atom. The molecule has 1 heterocycles. The standard InChI is InChI=1S/C13H18FN3O2/c1-16(9-10-5-2-3-8-15-10)12-7-4-6-11(14)13(12)17(18)19/h4,6-7,10,15H,2-3,5,8-9H2,1H3. The summed E-state index contributed by atoms with van der Waals surface area (Å²) in [5.41, 5.74) is -0.113. The Morgan fingerprint density at radius 1 is 1.53 bits per heavy atom. The average molecular weight is 267 g/mol. The van der Waals surface area contributed by atoms with E-state index in [1.165, 1.54) is 12.5 Å². The van der Waals surface area contributed by atoms with Gasteiger partial charge in [-0.3, -0.25) is 10.1 Å². The Hall–Kier alpha value is -1.69. The molecular weight excluding hydrogens is 249 g/mol. The van der Waals surface area contributed by atoms with Crippen molar-refractivity contribution >= 4 is 11.4 Å². The molecule has 0 amide bonds. The van der Waals surface area contributed by atoms with Gasteiger partial charge in [0.15, 0.2) is 0 Å². The first-order valence-corrected chi connectivity index (χ1v) is 6.47. The highest BCUT2D eigenvalue weighted by molar-refractivity contribution is 5.63. The maximum atomic E-state index is 13.6. The molecule has 2 rings (SSSR count). The van der Waals surface area contributed by atoms with Gasteiger partial charge in [0.2, 0.25) is 5.82 Å². The fraction of sp³-hybridized carbons (Fsp3) is 0.538. The zero-order valence-electron chi connectivity index (χ0n) is 10.9. The van der Waals surface area contributed by atoms with Gasteiger partial charge in [-0.15, -0.1) is 0 Å². The number of nitro benzene ring substituents is 1. The summed E-state index contributed by atoms with van der Waals surface area (Å²) in [5.74, 6) is -0.786. The van der Waals surface area contributed by atoms with Crippen LogP contribution in [-0.4, -0.2) is 31.1 Å². The highest BCUT2D eigenvalue weighted by Gasteiger charge is 2.24. The maximum absolute atomic E-state index is 13.6. The Balaban J connectivity index is 2.16. The molecule has 0 aliphatic carbocycles. The van der Waals surface area contributed by atoms with E-state index in [0.29, 0.717) is 18.3 Å². The Bertz CT molecular complexity index is 461. The Morgan fingerprint density at radius 3 is 2.95 bits per heavy atom. The summed E-state index contributed by atoms with van der Waals surface area (Å²) in [6, 6.07) is 4.52. The van der Waals surface area contributed by atoms with E-state index in [4.69, 9.17) is 0 Å². The number of anilines is 1. The van der Waals surface area contributed by atoms with Crippen molar-refractivity contribution in [1.29, 1.82) is 0 Å². The van der Waals surface area contributed by atoms with Crippen LogP contribution in [0.2, 0.25) is 0 Å². The molecule has 1 N–H and O–H groups in total. The fourth-order valence-electron chi connectivity index (χ4n) is 2.50. The number of nitro groups is 1. The second-order valence-corrected chi connectivity index (χ2v) is 4.89. The first-order chi connectivity index (χ1) is 9.09. The van der Waals surface area contributed by atoms with Crippen LogP contribution in [0.4, 0.5) is 15.8 Å². The number of nitrogens with zero attached hydrogens (tertiary/aromatic N) is 2. The van der Waals surface area contributed by atoms with Gasteiger partial charge in [-0.25, -0.2) is 0 Å². The molecule has 5 nitrogen and oxygen atoms in total. The first-order valence-electron chi connectivity index (χ1n) is 6.47. The maximum Gasteiger partial charge on any atom is 0.327 e. The third-order valence-electron chi connectivity index (χ3n) is 3.47. The predicted octanol–water partition coefficient (Wildman–Crippen LogP) is 2.31. The third-order valence-corrected chi connectivity index (χ3v) is 3.47. The van der Waals surface area contributed by atoms with Crippen molar-refractivity contribution in [3.8, 4) is 0 Å². The SMILES string of the molecule is CN(CC1CCCCN1)c1cccc(F)c1[N+](=O)[O-]. The van der Waals surface area contributed by atoms with Gasteiger partial charge in [0.1, 0.15) is 5.69 Å². The van der Waals surface area contributed by atoms with Crippen molar-refractivity contribution in [3.63, 3.8) is 0 Å². The number of hydrogen-bond acceptors (Lipinski definition) is 4. The third kappa shape index (κ3) is 3.20. The van der Waals surface area contributed by atoms with Gasteiger partial charge in [-0.2, -0.15) is 4.39 Å². The minimum absolute atomic E-state index is 0.307. The summed E-state index contributed by atoms with van der Waals surface area (Å²) in [7, 11) is 1.76. The van der Waals surface area contributed by atoms with Crippen molar-refractivity contribution in [1.82, 2.24) is 5.32 Å². The van der Waals surface area contributed by atoms with Gasteiger partial charge in [0, 0.05) is 19.6 Å². The number of hydrogen-bond donors (Lipinski definition) is 1. The van der Waals surface area contributed by atoms with Crippen LogP contribution in [0.15, 0.2) is 18.2 Å². The van der Waals surface area contributed by atoms with Crippen LogP contribution in [-0.2, 0) is 0 Å². The molecule has 19 heavy (non-hydrogen) atoms. The normalized spacial score (nSPS) is 19.2. The number of halogens is 1. The molecule has 1 atom stereocenters. The van der Waals surface area contributed by atoms with Crippen molar-refractivity contribution < 1.29 is 9.31 Å². The lowest BCUT2D eigenvalue weighted by atomic mass is 10.0. The lowest BCUT2D eigenvalue weighted by Gasteiger charge is -2.29. The first kappa shape index (κ1) is 13.7. The van der Waals surface area contributed by atoms with Gasteiger partial charge in [0.05, 0.1) is 4.92 Å². The van der Waals surface area contributed by atoms with Gasteiger partial charge < -0.3 is 10.2 Å². The van der Waals surface area contributed by atoms with Crippen LogP contribution < -0.4 is 10.2 Å². The molecule has 1 saturated heterocycles. The van der Waals surface area contributed by atoms with E-state index in [9.17, 15) is 14.5 Å². The number of rotatable bonds is 4. The van der Waals surface area contributed by atoms with E-state index in [1.54, 1.807) is 18.0 Å². The topological polar surface area (TPSA) is 58.4 Å². The second-order valence-electron chi connectivity index (χ2n) is 4.89. The molecule has 1 fully saturated rings. The van der Waals surface area contributed by atoms with Crippen molar-refractivity contribution in [2.75, 3.05) is 25.0 Å². The number of para-hydroxylation sites is 1. The minimum atomic E-state index is -0.786. The molecule has 1 aliphatic rings. The van der Waals surface area contributed by atoms with Gasteiger partial charge >= 0.3 is 5.69 Å². The van der Waals surface area contributed by atoms with Crippen LogP contribution in [0.25, 0.3) is 0 Å². The molecular formula is C13H18FN3O2. The highest BCUT2D eigenvalue weighted by atomic mass is 19.1. The van der Waals surface area contributed by atoms with E-state index in [1.807, 2.05) is 0 Å². The number of likely N-dealkylation sites (N-methyl/N-ethyl adjacent to an activating group) is 1. The summed E-state index contributed by atoms with van der Waals surface area (Å²) in [6.45, 7) is 1.62. The lowest BCUT2D eigenvalue weighted by Crippen LogP contribution is -2.42. The van der Waals surface area contributed by atoms with E-state index in [-0.39, 0.29) is 0 Å². The summed E-state index contributed by atoms with van der Waals surface area (Å²) in [4.78, 5) is 12.1. The summed E-state index contributed by atoms with van der Waals surface area (Å²) < 4.78 is 13.6. The van der Waals surface area contributed by atoms with Crippen molar-refractivity contribution in [2.24, 2.45) is 0 Å². The Kier molecular flexibility index (Phi) is 4.31. The zero-order chi connectivity index (χ0) is 13.8. The molecule has 0 radical (unpaired) electrons. The van der Waals surface area contributed by atoms with Crippen LogP contribution in [0.5, 0.6) is 0 Å². The summed E-state index contributed by atoms with van der Waals surface area (Å²) >= 11 is 0. The quantitative estimate of drug-likeness (QED) is 0.672. The molecule has 1 aliphatic heterocycles. The molecule has 1 aromatic rings. The molecule has 1 aromatic carbocycles. The lowest BCUT2D eigenvalue weighted by molar-refractivity contribution is -0.386. The van der Waals surface area contributed by atoms with Gasteiger partial charge in [0.25, 0.3) is 0 Å². The fourth-order valence-corrected chi connectivity index (χ4v) is 2.50. The highest BCUT2D eigenvalue weighted by Crippen LogP contribution is 2.30. The van der Waals surface area contributed by atoms with E-state index < -0.39 is 16.4 Å². The average Bonchev–Trinajstić information content (AvgIpc) is 2.39. The molecule has 0 saturated carbocycles. The van der Waals surface area contributed by atoms with Crippen LogP contribution in [0.3, 0.4) is 0 Å². The van der Waals surface area contributed by atoms with Crippen molar-refractivity contribution in [3.05, 3.63) is 34.1 Å². The molecule has 6 heteroatoms. The molecule has 0 spiro atoms. The number of benzene rings is 1. The van der Waals surface area contributed by atoms with Crippen LogP contribution >= 0.6 is 0 Å². The van der Waals surface area contributed by atoms with E-state index in [0.717, 1.165) is 25.5 Å². The van der Waals surface area contributed by atoms with E-state index in [2.05, 4.69) is 5.32 Å². The number of piperidine rings is 1. The van der Waals surface area contributed by atoms with E-state index >= 15 is 0 Å². The molecule has 104 valence electrons. The Labute approximate surface area is 111 Å². The van der Waals surface area contributed by atoms with Crippen molar-refractivity contribution in [2.45, 2.75) is 25.3 Å². The smallest absolute Gasteiger partial charge is 0.327 e. The number of nitrogens with one attached hydrogen (secondary N) is 1. The van der Waals surface area contributed by atoms with Gasteiger partial charge in [-0.1, -0.05) is 12.5 Å². The zero-order valence-corrected chi connectivity index (χ0v) is 10.9.